The van der Waals surface area contributed by atoms with Gasteiger partial charge in [-0.15, -0.1) is 0 Å². The number of nitrogens with one attached hydrogen (secondary N) is 1. The van der Waals surface area contributed by atoms with Gasteiger partial charge < -0.3 is 4.98 Å². The summed E-state index contributed by atoms with van der Waals surface area (Å²) in [7, 11) is -3.71. The molecule has 0 fully saturated rings. The van der Waals surface area contributed by atoms with Crippen LogP contribution in [0.4, 0.5) is 0 Å². The number of hydrogen-bond acceptors (Lipinski definition) is 5. The van der Waals surface area contributed by atoms with Crippen LogP contribution in [0.1, 0.15) is 37.0 Å². The number of rotatable bonds is 7. The molecular formula is C19H22N4O4S. The van der Waals surface area contributed by atoms with E-state index in [9.17, 15) is 18.0 Å². The molecule has 0 bridgehead atoms. The Labute approximate surface area is 162 Å². The molecule has 0 aliphatic heterocycles. The molecule has 3 rings (SSSR count). The molecule has 0 aliphatic carbocycles. The fourth-order valence-corrected chi connectivity index (χ4v) is 4.74. The maximum Gasteiger partial charge on any atom is 0.264 e. The van der Waals surface area contributed by atoms with Crippen molar-refractivity contribution < 1.29 is 13.2 Å². The van der Waals surface area contributed by atoms with Crippen molar-refractivity contribution in [2.45, 2.75) is 31.6 Å². The molecule has 2 heterocycles. The zero-order chi connectivity index (χ0) is 20.3. The highest BCUT2D eigenvalue weighted by molar-refractivity contribution is 7.89. The number of hydrogen-bond donors (Lipinski definition) is 1. The van der Waals surface area contributed by atoms with E-state index in [1.807, 2.05) is 13.8 Å². The number of benzene rings is 1. The molecule has 0 saturated carbocycles. The van der Waals surface area contributed by atoms with Crippen LogP contribution in [0.2, 0.25) is 0 Å². The van der Waals surface area contributed by atoms with E-state index in [1.165, 1.54) is 51.9 Å². The molecular weight excluding hydrogens is 380 g/mol. The van der Waals surface area contributed by atoms with Crippen LogP contribution in [0.3, 0.4) is 0 Å². The third kappa shape index (κ3) is 3.76. The van der Waals surface area contributed by atoms with E-state index in [0.29, 0.717) is 36.8 Å². The second kappa shape index (κ2) is 8.07. The first-order valence-corrected chi connectivity index (χ1v) is 10.5. The molecule has 3 aromatic rings. The van der Waals surface area contributed by atoms with Crippen molar-refractivity contribution in [3.63, 3.8) is 0 Å². The first-order chi connectivity index (χ1) is 13.4. The number of aromatic amines is 1. The maximum atomic E-state index is 13.1. The second-order valence-electron chi connectivity index (χ2n) is 6.43. The van der Waals surface area contributed by atoms with Crippen molar-refractivity contribution in [2.75, 3.05) is 13.1 Å². The number of imidazole rings is 1. The summed E-state index contributed by atoms with van der Waals surface area (Å²) in [6.07, 6.45) is 5.66. The van der Waals surface area contributed by atoms with E-state index < -0.39 is 21.5 Å². The van der Waals surface area contributed by atoms with Crippen molar-refractivity contribution in [3.05, 3.63) is 58.9 Å². The Kier molecular flexibility index (Phi) is 5.76. The number of sulfonamides is 1. The fourth-order valence-electron chi connectivity index (χ4n) is 3.09. The number of carbonyl (C=O) groups excluding carboxylic acids is 1. The van der Waals surface area contributed by atoms with E-state index >= 15 is 0 Å². The number of aromatic nitrogens is 3. The predicted molar refractivity (Wildman–Crippen MR) is 106 cm³/mol. The van der Waals surface area contributed by atoms with Crippen LogP contribution in [-0.4, -0.2) is 46.3 Å². The molecule has 0 radical (unpaired) electrons. The minimum absolute atomic E-state index is 0.0913. The Morgan fingerprint density at radius 2 is 1.89 bits per heavy atom. The van der Waals surface area contributed by atoms with Crippen LogP contribution in [-0.2, 0) is 10.0 Å². The Hall–Kier alpha value is -2.78. The normalized spacial score (nSPS) is 12.0. The standard InChI is InChI=1S/C19H22N4O4S/c1-3-8-23(9-4-2)28(26,27)14-5-6-17-15(11-14)16(12-18(24)21-17)19(25)22-10-7-20-13-22/h5-7,10-13H,3-4,8-9H2,1-2H3,(H,21,24). The number of fused-ring (bicyclic) bond motifs is 1. The molecule has 0 spiro atoms. The molecule has 1 N–H and O–H groups in total. The SMILES string of the molecule is CCCN(CCC)S(=O)(=O)c1ccc2[nH]c(=O)cc(C(=O)n3ccnc3)c2c1. The maximum absolute atomic E-state index is 13.1. The molecule has 148 valence electrons. The smallest absolute Gasteiger partial charge is 0.264 e. The van der Waals surface area contributed by atoms with Crippen LogP contribution in [0.5, 0.6) is 0 Å². The summed E-state index contributed by atoms with van der Waals surface area (Å²) in [5, 5.41) is 0.368. The van der Waals surface area contributed by atoms with Gasteiger partial charge in [0.05, 0.1) is 10.5 Å². The third-order valence-electron chi connectivity index (χ3n) is 4.37. The molecule has 0 saturated heterocycles. The first kappa shape index (κ1) is 20.0. The molecule has 0 amide bonds. The lowest BCUT2D eigenvalue weighted by Crippen LogP contribution is -2.32. The van der Waals surface area contributed by atoms with Crippen LogP contribution in [0.25, 0.3) is 10.9 Å². The van der Waals surface area contributed by atoms with Crippen LogP contribution >= 0.6 is 0 Å². The summed E-state index contributed by atoms with van der Waals surface area (Å²) in [6, 6.07) is 5.60. The van der Waals surface area contributed by atoms with Crippen LogP contribution < -0.4 is 5.56 Å². The van der Waals surface area contributed by atoms with Gasteiger partial charge in [0, 0.05) is 42.5 Å². The molecule has 28 heavy (non-hydrogen) atoms. The number of H-pyrrole nitrogens is 1. The largest absolute Gasteiger partial charge is 0.322 e. The average Bonchev–Trinajstić information content (AvgIpc) is 3.21. The zero-order valence-electron chi connectivity index (χ0n) is 15.8. The van der Waals surface area contributed by atoms with Crippen molar-refractivity contribution in [1.29, 1.82) is 0 Å². The topological polar surface area (TPSA) is 105 Å². The summed E-state index contributed by atoms with van der Waals surface area (Å²) in [5.74, 6) is -0.456. The van der Waals surface area contributed by atoms with Gasteiger partial charge in [-0.05, 0) is 31.0 Å². The number of pyridine rings is 1. The van der Waals surface area contributed by atoms with Crippen LogP contribution in [0.15, 0.2) is 52.7 Å². The molecule has 9 heteroatoms. The molecule has 0 aliphatic rings. The molecule has 2 aromatic heterocycles. The molecule has 0 unspecified atom stereocenters. The van der Waals surface area contributed by atoms with Crippen molar-refractivity contribution >= 4 is 26.8 Å². The predicted octanol–water partition coefficient (Wildman–Crippen LogP) is 2.22. The lowest BCUT2D eigenvalue weighted by molar-refractivity contribution is 0.0961. The number of nitrogens with zero attached hydrogens (tertiary/aromatic N) is 3. The molecule has 1 aromatic carbocycles. The van der Waals surface area contributed by atoms with Gasteiger partial charge in [0.25, 0.3) is 5.91 Å². The van der Waals surface area contributed by atoms with E-state index in [1.54, 1.807) is 0 Å². The van der Waals surface area contributed by atoms with Gasteiger partial charge in [-0.1, -0.05) is 13.8 Å². The first-order valence-electron chi connectivity index (χ1n) is 9.08. The van der Waals surface area contributed by atoms with Gasteiger partial charge in [0.15, 0.2) is 0 Å². The van der Waals surface area contributed by atoms with Crippen molar-refractivity contribution in [1.82, 2.24) is 18.8 Å². The van der Waals surface area contributed by atoms with E-state index in [-0.39, 0.29) is 10.5 Å². The summed E-state index contributed by atoms with van der Waals surface area (Å²) in [4.78, 5) is 31.3. The fraction of sp³-hybridized carbons (Fsp3) is 0.316. The summed E-state index contributed by atoms with van der Waals surface area (Å²) in [6.45, 7) is 4.68. The van der Waals surface area contributed by atoms with Gasteiger partial charge in [-0.25, -0.2) is 13.4 Å². The van der Waals surface area contributed by atoms with Crippen LogP contribution in [0, 0.1) is 0 Å². The lowest BCUT2D eigenvalue weighted by atomic mass is 10.1. The highest BCUT2D eigenvalue weighted by Gasteiger charge is 2.24. The Morgan fingerprint density at radius 1 is 1.18 bits per heavy atom. The minimum Gasteiger partial charge on any atom is -0.322 e. The van der Waals surface area contributed by atoms with E-state index in [0.717, 1.165) is 0 Å². The van der Waals surface area contributed by atoms with Gasteiger partial charge >= 0.3 is 0 Å². The Bertz CT molecular complexity index is 1140. The van der Waals surface area contributed by atoms with Gasteiger partial charge in [0.2, 0.25) is 15.6 Å². The van der Waals surface area contributed by atoms with Gasteiger partial charge in [-0.2, -0.15) is 4.31 Å². The van der Waals surface area contributed by atoms with Crippen molar-refractivity contribution in [3.8, 4) is 0 Å². The molecule has 0 atom stereocenters. The summed E-state index contributed by atoms with van der Waals surface area (Å²) < 4.78 is 28.9. The minimum atomic E-state index is -3.71. The highest BCUT2D eigenvalue weighted by atomic mass is 32.2. The Balaban J connectivity index is 2.17. The zero-order valence-corrected chi connectivity index (χ0v) is 16.6. The second-order valence-corrected chi connectivity index (χ2v) is 8.37. The quantitative estimate of drug-likeness (QED) is 0.652. The Morgan fingerprint density at radius 3 is 2.50 bits per heavy atom. The van der Waals surface area contributed by atoms with Crippen molar-refractivity contribution in [2.24, 2.45) is 0 Å². The number of carbonyl (C=O) groups is 1. The molecule has 8 nitrogen and oxygen atoms in total. The monoisotopic (exact) mass is 402 g/mol. The van der Waals surface area contributed by atoms with Gasteiger partial charge in [-0.3, -0.25) is 14.2 Å². The summed E-state index contributed by atoms with van der Waals surface area (Å²) >= 11 is 0. The van der Waals surface area contributed by atoms with Gasteiger partial charge in [0.1, 0.15) is 6.33 Å². The highest BCUT2D eigenvalue weighted by Crippen LogP contribution is 2.23. The van der Waals surface area contributed by atoms with E-state index in [4.69, 9.17) is 0 Å². The van der Waals surface area contributed by atoms with E-state index in [2.05, 4.69) is 9.97 Å². The summed E-state index contributed by atoms with van der Waals surface area (Å²) in [5.41, 5.74) is 0.0731. The third-order valence-corrected chi connectivity index (χ3v) is 6.26. The average molecular weight is 402 g/mol. The lowest BCUT2D eigenvalue weighted by Gasteiger charge is -2.21.